The van der Waals surface area contributed by atoms with Gasteiger partial charge in [-0.15, -0.1) is 0 Å². The molecule has 3 nitrogen and oxygen atoms in total. The van der Waals surface area contributed by atoms with Gasteiger partial charge in [-0.3, -0.25) is 4.90 Å². The van der Waals surface area contributed by atoms with Crippen LogP contribution in [0, 0.1) is 18.7 Å². The summed E-state index contributed by atoms with van der Waals surface area (Å²) in [7, 11) is 2.11. The highest BCUT2D eigenvalue weighted by Crippen LogP contribution is 2.25. The lowest BCUT2D eigenvalue weighted by molar-refractivity contribution is 0.0507. The molecule has 0 amide bonds. The van der Waals surface area contributed by atoms with Gasteiger partial charge in [0.05, 0.1) is 0 Å². The van der Waals surface area contributed by atoms with Gasteiger partial charge >= 0.3 is 0 Å². The van der Waals surface area contributed by atoms with E-state index in [0.29, 0.717) is 12.5 Å². The first-order chi connectivity index (χ1) is 9.61. The molecule has 2 N–H and O–H groups in total. The molecule has 0 radical (unpaired) electrons. The molecular weight excluding hydrogens is 255 g/mol. The minimum Gasteiger partial charge on any atom is -0.381 e. The van der Waals surface area contributed by atoms with Crippen molar-refractivity contribution in [3.05, 3.63) is 35.1 Å². The third kappa shape index (κ3) is 3.78. The zero-order valence-electron chi connectivity index (χ0n) is 12.4. The minimum atomic E-state index is -0.186. The van der Waals surface area contributed by atoms with Gasteiger partial charge in [0.1, 0.15) is 5.82 Å². The Kier molecular flexibility index (Phi) is 5.52. The largest absolute Gasteiger partial charge is 0.381 e. The number of halogens is 1. The van der Waals surface area contributed by atoms with Crippen molar-refractivity contribution < 1.29 is 9.13 Å². The summed E-state index contributed by atoms with van der Waals surface area (Å²) in [5.41, 5.74) is 8.06. The molecular formula is C16H25FN2O. The molecule has 0 bridgehead atoms. The summed E-state index contributed by atoms with van der Waals surface area (Å²) in [5.74, 6) is 0.484. The highest BCUT2D eigenvalue weighted by molar-refractivity contribution is 5.29. The molecule has 1 unspecified atom stereocenters. The first kappa shape index (κ1) is 15.4. The maximum Gasteiger partial charge on any atom is 0.123 e. The van der Waals surface area contributed by atoms with E-state index in [9.17, 15) is 4.39 Å². The molecule has 1 aromatic carbocycles. The van der Waals surface area contributed by atoms with E-state index < -0.39 is 0 Å². The fourth-order valence-electron chi connectivity index (χ4n) is 3.02. The van der Waals surface area contributed by atoms with Crippen LogP contribution in [0.25, 0.3) is 0 Å². The Morgan fingerprint density at radius 1 is 1.40 bits per heavy atom. The van der Waals surface area contributed by atoms with Crippen molar-refractivity contribution in [3.63, 3.8) is 0 Å². The molecule has 112 valence electrons. The SMILES string of the molecule is Cc1cc(F)ccc1C(CN)N(C)CC1CCOCC1. The molecule has 0 spiro atoms. The van der Waals surface area contributed by atoms with Crippen molar-refractivity contribution in [2.75, 3.05) is 33.4 Å². The molecule has 4 heteroatoms. The molecule has 0 aliphatic carbocycles. The Morgan fingerprint density at radius 2 is 2.10 bits per heavy atom. The van der Waals surface area contributed by atoms with Crippen LogP contribution in [0.3, 0.4) is 0 Å². The third-order valence-electron chi connectivity index (χ3n) is 4.23. The van der Waals surface area contributed by atoms with Gasteiger partial charge in [0.2, 0.25) is 0 Å². The van der Waals surface area contributed by atoms with Gasteiger partial charge in [-0.25, -0.2) is 4.39 Å². The van der Waals surface area contributed by atoms with Crippen molar-refractivity contribution in [3.8, 4) is 0 Å². The summed E-state index contributed by atoms with van der Waals surface area (Å²) in [5, 5.41) is 0. The summed E-state index contributed by atoms with van der Waals surface area (Å²) in [6.07, 6.45) is 2.23. The highest BCUT2D eigenvalue weighted by atomic mass is 19.1. The summed E-state index contributed by atoms with van der Waals surface area (Å²) in [6, 6.07) is 5.12. The first-order valence-electron chi connectivity index (χ1n) is 7.36. The first-order valence-corrected chi connectivity index (χ1v) is 7.36. The number of likely N-dealkylation sites (N-methyl/N-ethyl adjacent to an activating group) is 1. The molecule has 1 heterocycles. The number of nitrogens with two attached hydrogens (primary N) is 1. The van der Waals surface area contributed by atoms with Gasteiger partial charge in [-0.1, -0.05) is 6.07 Å². The molecule has 1 aliphatic heterocycles. The Balaban J connectivity index is 2.06. The molecule has 0 aromatic heterocycles. The molecule has 1 saturated heterocycles. The average Bonchev–Trinajstić information content (AvgIpc) is 2.43. The number of nitrogens with zero attached hydrogens (tertiary/aromatic N) is 1. The predicted molar refractivity (Wildman–Crippen MR) is 79.1 cm³/mol. The molecule has 1 atom stereocenters. The van der Waals surface area contributed by atoms with Gasteiger partial charge in [0.15, 0.2) is 0 Å². The van der Waals surface area contributed by atoms with Gasteiger partial charge < -0.3 is 10.5 Å². The van der Waals surface area contributed by atoms with Crippen LogP contribution in [-0.2, 0) is 4.74 Å². The maximum atomic E-state index is 13.2. The smallest absolute Gasteiger partial charge is 0.123 e. The van der Waals surface area contributed by atoms with E-state index in [1.165, 1.54) is 6.07 Å². The van der Waals surface area contributed by atoms with E-state index in [1.807, 2.05) is 13.0 Å². The van der Waals surface area contributed by atoms with Gasteiger partial charge in [-0.2, -0.15) is 0 Å². The summed E-state index contributed by atoms with van der Waals surface area (Å²) >= 11 is 0. The average molecular weight is 280 g/mol. The molecule has 20 heavy (non-hydrogen) atoms. The highest BCUT2D eigenvalue weighted by Gasteiger charge is 2.22. The maximum absolute atomic E-state index is 13.2. The van der Waals surface area contributed by atoms with Crippen LogP contribution < -0.4 is 5.73 Å². The summed E-state index contributed by atoms with van der Waals surface area (Å²) in [6.45, 7) is 5.24. The van der Waals surface area contributed by atoms with E-state index in [2.05, 4.69) is 11.9 Å². The number of hydrogen-bond donors (Lipinski definition) is 1. The van der Waals surface area contributed by atoms with Crippen LogP contribution in [0.5, 0.6) is 0 Å². The van der Waals surface area contributed by atoms with Gasteiger partial charge in [0, 0.05) is 32.3 Å². The monoisotopic (exact) mass is 280 g/mol. The van der Waals surface area contributed by atoms with Crippen molar-refractivity contribution >= 4 is 0 Å². The zero-order chi connectivity index (χ0) is 14.5. The van der Waals surface area contributed by atoms with Gasteiger partial charge in [-0.05, 0) is 56.0 Å². The molecule has 1 aromatic rings. The Bertz CT molecular complexity index is 432. The van der Waals surface area contributed by atoms with Crippen LogP contribution in [-0.4, -0.2) is 38.3 Å². The predicted octanol–water partition coefficient (Wildman–Crippen LogP) is 2.49. The van der Waals surface area contributed by atoms with Crippen molar-refractivity contribution in [2.45, 2.75) is 25.8 Å². The molecule has 2 rings (SSSR count). The topological polar surface area (TPSA) is 38.5 Å². The normalized spacial score (nSPS) is 18.4. The molecule has 1 aliphatic rings. The minimum absolute atomic E-state index is 0.151. The van der Waals surface area contributed by atoms with E-state index in [-0.39, 0.29) is 11.9 Å². The quantitative estimate of drug-likeness (QED) is 0.900. The second kappa shape index (κ2) is 7.16. The van der Waals surface area contributed by atoms with Gasteiger partial charge in [0.25, 0.3) is 0 Å². The van der Waals surface area contributed by atoms with E-state index in [1.54, 1.807) is 6.07 Å². The van der Waals surface area contributed by atoms with Crippen LogP contribution >= 0.6 is 0 Å². The number of rotatable bonds is 5. The van der Waals surface area contributed by atoms with Crippen molar-refractivity contribution in [1.82, 2.24) is 4.90 Å². The van der Waals surface area contributed by atoms with Crippen LogP contribution in [0.2, 0.25) is 0 Å². The lowest BCUT2D eigenvalue weighted by Crippen LogP contribution is -2.36. The summed E-state index contributed by atoms with van der Waals surface area (Å²) < 4.78 is 18.6. The standard InChI is InChI=1S/C16H25FN2O/c1-12-9-14(17)3-4-15(12)16(10-18)19(2)11-13-5-7-20-8-6-13/h3-4,9,13,16H,5-8,10-11,18H2,1-2H3. The Labute approximate surface area is 120 Å². The van der Waals surface area contributed by atoms with Crippen LogP contribution in [0.4, 0.5) is 4.39 Å². The summed E-state index contributed by atoms with van der Waals surface area (Å²) in [4.78, 5) is 2.30. The van der Waals surface area contributed by atoms with E-state index in [0.717, 1.165) is 43.7 Å². The fraction of sp³-hybridized carbons (Fsp3) is 0.625. The number of benzene rings is 1. The zero-order valence-corrected chi connectivity index (χ0v) is 12.4. The lowest BCUT2D eigenvalue weighted by atomic mass is 9.96. The third-order valence-corrected chi connectivity index (χ3v) is 4.23. The van der Waals surface area contributed by atoms with Crippen LogP contribution in [0.15, 0.2) is 18.2 Å². The molecule has 0 saturated carbocycles. The number of ether oxygens (including phenoxy) is 1. The number of hydrogen-bond acceptors (Lipinski definition) is 3. The molecule has 1 fully saturated rings. The van der Waals surface area contributed by atoms with Crippen LogP contribution in [0.1, 0.15) is 30.0 Å². The fourth-order valence-corrected chi connectivity index (χ4v) is 3.02. The van der Waals surface area contributed by atoms with E-state index in [4.69, 9.17) is 10.5 Å². The van der Waals surface area contributed by atoms with Crippen molar-refractivity contribution in [1.29, 1.82) is 0 Å². The van der Waals surface area contributed by atoms with Crippen molar-refractivity contribution in [2.24, 2.45) is 11.7 Å². The second-order valence-corrected chi connectivity index (χ2v) is 5.75. The Hall–Kier alpha value is -0.970. The number of aryl methyl sites for hydroxylation is 1. The second-order valence-electron chi connectivity index (χ2n) is 5.75. The Morgan fingerprint density at radius 3 is 2.70 bits per heavy atom. The van der Waals surface area contributed by atoms with E-state index >= 15 is 0 Å². The lowest BCUT2D eigenvalue weighted by Gasteiger charge is -2.33.